The summed E-state index contributed by atoms with van der Waals surface area (Å²) in [7, 11) is -3.66. The van der Waals surface area contributed by atoms with Gasteiger partial charge in [0.25, 0.3) is 5.91 Å². The number of morpholine rings is 1. The Bertz CT molecular complexity index is 944. The minimum absolute atomic E-state index is 0.149. The zero-order valence-corrected chi connectivity index (χ0v) is 14.3. The molecule has 2 aliphatic rings. The van der Waals surface area contributed by atoms with E-state index < -0.39 is 10.0 Å². The predicted octanol–water partition coefficient (Wildman–Crippen LogP) is 2.20. The SMILES string of the molecule is C[C@H]1CN(S(=O)(=O)c2ccc3c4c(cccc24)C(=O)N3)C[C@H](C)O1. The molecular formula is C17H18N2O4S. The van der Waals surface area contributed by atoms with Gasteiger partial charge in [0.05, 0.1) is 17.1 Å². The third-order valence-electron chi connectivity index (χ3n) is 4.50. The molecule has 0 unspecified atom stereocenters. The van der Waals surface area contributed by atoms with Crippen LogP contribution in [0.3, 0.4) is 0 Å². The molecule has 2 heterocycles. The maximum Gasteiger partial charge on any atom is 0.256 e. The van der Waals surface area contributed by atoms with Crippen molar-refractivity contribution in [3.63, 3.8) is 0 Å². The van der Waals surface area contributed by atoms with Gasteiger partial charge in [0.2, 0.25) is 10.0 Å². The van der Waals surface area contributed by atoms with Gasteiger partial charge in [-0.05, 0) is 32.0 Å². The lowest BCUT2D eigenvalue weighted by Gasteiger charge is -2.34. The first-order chi connectivity index (χ1) is 11.4. The maximum atomic E-state index is 13.2. The van der Waals surface area contributed by atoms with Crippen LogP contribution in [-0.4, -0.2) is 43.9 Å². The normalized spacial score (nSPS) is 24.3. The predicted molar refractivity (Wildman–Crippen MR) is 90.7 cm³/mol. The third kappa shape index (κ3) is 2.23. The highest BCUT2D eigenvalue weighted by molar-refractivity contribution is 7.89. The summed E-state index contributed by atoms with van der Waals surface area (Å²) >= 11 is 0. The van der Waals surface area contributed by atoms with Crippen molar-refractivity contribution >= 4 is 32.4 Å². The Morgan fingerprint density at radius 2 is 1.83 bits per heavy atom. The number of anilines is 1. The van der Waals surface area contributed by atoms with E-state index in [0.29, 0.717) is 35.1 Å². The number of sulfonamides is 1. The number of hydrogen-bond donors (Lipinski definition) is 1. The summed E-state index contributed by atoms with van der Waals surface area (Å²) in [6.07, 6.45) is -0.299. The van der Waals surface area contributed by atoms with Crippen molar-refractivity contribution in [3.8, 4) is 0 Å². The summed E-state index contributed by atoms with van der Waals surface area (Å²) in [6.45, 7) is 4.39. The molecule has 0 saturated carbocycles. The fraction of sp³-hybridized carbons (Fsp3) is 0.353. The minimum Gasteiger partial charge on any atom is -0.373 e. The lowest BCUT2D eigenvalue weighted by Crippen LogP contribution is -2.48. The summed E-state index contributed by atoms with van der Waals surface area (Å²) in [5, 5.41) is 4.03. The summed E-state index contributed by atoms with van der Waals surface area (Å²) < 4.78 is 33.5. The first kappa shape index (κ1) is 15.6. The molecule has 126 valence electrons. The Balaban J connectivity index is 1.88. The standard InChI is InChI=1S/C17H18N2O4S/c1-10-8-19(9-11(2)23-10)24(21,22)15-7-6-14-16-12(15)4-3-5-13(16)17(20)18-14/h3-7,10-11H,8-9H2,1-2H3,(H,18,20)/t10-,11-/m0/s1. The quantitative estimate of drug-likeness (QED) is 0.904. The smallest absolute Gasteiger partial charge is 0.256 e. The number of ether oxygens (including phenoxy) is 1. The van der Waals surface area contributed by atoms with Crippen LogP contribution in [0, 0.1) is 0 Å². The summed E-state index contributed by atoms with van der Waals surface area (Å²) in [4.78, 5) is 12.2. The van der Waals surface area contributed by atoms with E-state index in [1.165, 1.54) is 4.31 Å². The molecule has 4 rings (SSSR count). The molecule has 2 aliphatic heterocycles. The number of rotatable bonds is 2. The van der Waals surface area contributed by atoms with Crippen LogP contribution in [0.25, 0.3) is 10.8 Å². The van der Waals surface area contributed by atoms with E-state index in [0.717, 1.165) is 0 Å². The summed E-state index contributed by atoms with van der Waals surface area (Å²) in [6, 6.07) is 8.42. The van der Waals surface area contributed by atoms with Crippen LogP contribution in [0.15, 0.2) is 35.2 Å². The lowest BCUT2D eigenvalue weighted by atomic mass is 10.1. The topological polar surface area (TPSA) is 75.7 Å². The number of carbonyl (C=O) groups is 1. The average Bonchev–Trinajstić information content (AvgIpc) is 2.85. The molecular weight excluding hydrogens is 328 g/mol. The highest BCUT2D eigenvalue weighted by atomic mass is 32.2. The molecule has 2 aromatic rings. The molecule has 1 N–H and O–H groups in total. The fourth-order valence-corrected chi connectivity index (χ4v) is 5.33. The molecule has 1 amide bonds. The maximum absolute atomic E-state index is 13.2. The number of hydrogen-bond acceptors (Lipinski definition) is 4. The highest BCUT2D eigenvalue weighted by Crippen LogP contribution is 2.37. The Hall–Kier alpha value is -1.96. The van der Waals surface area contributed by atoms with E-state index in [2.05, 4.69) is 5.32 Å². The molecule has 7 heteroatoms. The second-order valence-electron chi connectivity index (χ2n) is 6.37. The number of amides is 1. The molecule has 2 atom stereocenters. The van der Waals surface area contributed by atoms with Gasteiger partial charge >= 0.3 is 0 Å². The zero-order valence-electron chi connectivity index (χ0n) is 13.4. The monoisotopic (exact) mass is 346 g/mol. The van der Waals surface area contributed by atoms with Crippen LogP contribution < -0.4 is 5.32 Å². The first-order valence-corrected chi connectivity index (χ1v) is 9.34. The molecule has 0 aliphatic carbocycles. The minimum atomic E-state index is -3.66. The van der Waals surface area contributed by atoms with Crippen LogP contribution in [0.2, 0.25) is 0 Å². The van der Waals surface area contributed by atoms with Crippen LogP contribution in [0.5, 0.6) is 0 Å². The molecule has 24 heavy (non-hydrogen) atoms. The van der Waals surface area contributed by atoms with Crippen molar-refractivity contribution in [3.05, 3.63) is 35.9 Å². The zero-order chi connectivity index (χ0) is 17.1. The Morgan fingerprint density at radius 1 is 1.12 bits per heavy atom. The van der Waals surface area contributed by atoms with E-state index in [4.69, 9.17) is 4.74 Å². The van der Waals surface area contributed by atoms with Gasteiger partial charge in [0.1, 0.15) is 0 Å². The second kappa shape index (κ2) is 5.27. The average molecular weight is 346 g/mol. The molecule has 6 nitrogen and oxygen atoms in total. The van der Waals surface area contributed by atoms with Crippen molar-refractivity contribution in [1.29, 1.82) is 0 Å². The first-order valence-electron chi connectivity index (χ1n) is 7.90. The second-order valence-corrected chi connectivity index (χ2v) is 8.28. The molecule has 0 radical (unpaired) electrons. The van der Waals surface area contributed by atoms with Crippen LogP contribution >= 0.6 is 0 Å². The van der Waals surface area contributed by atoms with E-state index in [1.54, 1.807) is 30.3 Å². The Labute approximate surface area is 140 Å². The highest BCUT2D eigenvalue weighted by Gasteiger charge is 2.34. The van der Waals surface area contributed by atoms with Crippen molar-refractivity contribution in [2.75, 3.05) is 18.4 Å². The van der Waals surface area contributed by atoms with Gasteiger partial charge in [0, 0.05) is 35.1 Å². The fourth-order valence-electron chi connectivity index (χ4n) is 3.55. The van der Waals surface area contributed by atoms with Gasteiger partial charge in [0.15, 0.2) is 0 Å². The molecule has 0 bridgehead atoms. The van der Waals surface area contributed by atoms with Gasteiger partial charge in [-0.25, -0.2) is 8.42 Å². The van der Waals surface area contributed by atoms with Crippen LogP contribution in [-0.2, 0) is 14.8 Å². The number of nitrogens with zero attached hydrogens (tertiary/aromatic N) is 1. The van der Waals surface area contributed by atoms with Crippen molar-refractivity contribution in [2.45, 2.75) is 31.0 Å². The summed E-state index contributed by atoms with van der Waals surface area (Å²) in [5.74, 6) is -0.196. The summed E-state index contributed by atoms with van der Waals surface area (Å²) in [5.41, 5.74) is 1.18. The van der Waals surface area contributed by atoms with Gasteiger partial charge in [-0.15, -0.1) is 0 Å². The largest absolute Gasteiger partial charge is 0.373 e. The van der Waals surface area contributed by atoms with Crippen LogP contribution in [0.1, 0.15) is 24.2 Å². The molecule has 0 spiro atoms. The number of carbonyl (C=O) groups excluding carboxylic acids is 1. The van der Waals surface area contributed by atoms with Gasteiger partial charge < -0.3 is 10.1 Å². The number of benzene rings is 2. The van der Waals surface area contributed by atoms with Crippen molar-refractivity contribution < 1.29 is 17.9 Å². The van der Waals surface area contributed by atoms with Crippen LogP contribution in [0.4, 0.5) is 5.69 Å². The van der Waals surface area contributed by atoms with Crippen molar-refractivity contribution in [1.82, 2.24) is 4.31 Å². The van der Waals surface area contributed by atoms with E-state index in [9.17, 15) is 13.2 Å². The van der Waals surface area contributed by atoms with Gasteiger partial charge in [-0.1, -0.05) is 12.1 Å². The van der Waals surface area contributed by atoms with E-state index in [-0.39, 0.29) is 23.0 Å². The Kier molecular flexibility index (Phi) is 3.42. The van der Waals surface area contributed by atoms with E-state index in [1.807, 2.05) is 13.8 Å². The third-order valence-corrected chi connectivity index (χ3v) is 6.39. The molecule has 0 aromatic heterocycles. The molecule has 2 aromatic carbocycles. The molecule has 1 saturated heterocycles. The molecule has 1 fully saturated rings. The van der Waals surface area contributed by atoms with Gasteiger partial charge in [-0.2, -0.15) is 4.31 Å². The number of nitrogens with one attached hydrogen (secondary N) is 1. The lowest BCUT2D eigenvalue weighted by molar-refractivity contribution is -0.0440. The van der Waals surface area contributed by atoms with Gasteiger partial charge in [-0.3, -0.25) is 4.79 Å². The Morgan fingerprint density at radius 3 is 2.54 bits per heavy atom. The van der Waals surface area contributed by atoms with E-state index >= 15 is 0 Å². The van der Waals surface area contributed by atoms with Crippen molar-refractivity contribution in [2.24, 2.45) is 0 Å².